The van der Waals surface area contributed by atoms with Crippen LogP contribution in [0.3, 0.4) is 0 Å². The van der Waals surface area contributed by atoms with Crippen LogP contribution in [-0.4, -0.2) is 24.9 Å². The topological polar surface area (TPSA) is 38.7 Å². The number of rotatable bonds is 2. The quantitative estimate of drug-likeness (QED) is 0.783. The number of ether oxygens (including phenoxy) is 2. The number of fused-ring (bicyclic) bond motifs is 1. The van der Waals surface area contributed by atoms with E-state index in [0.717, 1.165) is 16.4 Å². The lowest BCUT2D eigenvalue weighted by Gasteiger charge is -2.15. The fraction of sp³-hybridized carbons (Fsp3) is 0.333. The summed E-state index contributed by atoms with van der Waals surface area (Å²) >= 11 is 1.56. The Bertz CT molecular complexity index is 317. The Morgan fingerprint density at radius 2 is 2.31 bits per heavy atom. The maximum absolute atomic E-state index is 8.61. The van der Waals surface area contributed by atoms with Gasteiger partial charge in [0.05, 0.1) is 11.5 Å². The van der Waals surface area contributed by atoms with Gasteiger partial charge in [0.15, 0.2) is 11.5 Å². The number of aliphatic hydroxyl groups excluding tert-OH is 1. The van der Waals surface area contributed by atoms with E-state index in [1.165, 1.54) is 0 Å². The second kappa shape index (κ2) is 3.81. The van der Waals surface area contributed by atoms with Crippen molar-refractivity contribution in [2.75, 3.05) is 19.8 Å². The molecule has 0 aromatic carbocycles. The molecule has 1 aliphatic heterocycles. The smallest absolute Gasteiger partial charge is 0.179 e. The first kappa shape index (κ1) is 8.59. The maximum atomic E-state index is 8.61. The molecule has 0 saturated heterocycles. The highest BCUT2D eigenvalue weighted by Gasteiger charge is 2.16. The van der Waals surface area contributed by atoms with Crippen LogP contribution >= 0.6 is 11.3 Å². The second-order valence-corrected chi connectivity index (χ2v) is 3.49. The summed E-state index contributed by atoms with van der Waals surface area (Å²) in [5.74, 6) is 1.62. The molecule has 1 aromatic heterocycles. The van der Waals surface area contributed by atoms with Crippen LogP contribution < -0.4 is 9.47 Å². The number of aliphatic hydroxyl groups is 1. The Labute approximate surface area is 80.2 Å². The first-order valence-corrected chi connectivity index (χ1v) is 4.94. The van der Waals surface area contributed by atoms with Crippen molar-refractivity contribution < 1.29 is 14.6 Å². The molecule has 0 aliphatic carbocycles. The maximum Gasteiger partial charge on any atom is 0.179 e. The number of thiophene rings is 1. The largest absolute Gasteiger partial charge is 0.485 e. The second-order valence-electron chi connectivity index (χ2n) is 2.58. The van der Waals surface area contributed by atoms with Crippen molar-refractivity contribution in [2.24, 2.45) is 0 Å². The van der Waals surface area contributed by atoms with E-state index in [1.807, 2.05) is 11.5 Å². The molecule has 0 bridgehead atoms. The normalized spacial score (nSPS) is 15.2. The van der Waals surface area contributed by atoms with Gasteiger partial charge in [0.25, 0.3) is 0 Å². The van der Waals surface area contributed by atoms with E-state index in [4.69, 9.17) is 14.6 Å². The molecule has 0 saturated carbocycles. The Morgan fingerprint density at radius 3 is 3.15 bits per heavy atom. The minimum Gasteiger partial charge on any atom is -0.485 e. The molecule has 1 aromatic rings. The van der Waals surface area contributed by atoms with Crippen LogP contribution in [0.4, 0.5) is 0 Å². The summed E-state index contributed by atoms with van der Waals surface area (Å²) in [5, 5.41) is 10.5. The van der Waals surface area contributed by atoms with E-state index in [0.29, 0.717) is 13.2 Å². The monoisotopic (exact) mass is 198 g/mol. The van der Waals surface area contributed by atoms with Gasteiger partial charge in [-0.15, -0.1) is 11.3 Å². The molecule has 0 amide bonds. The van der Waals surface area contributed by atoms with Crippen molar-refractivity contribution in [3.05, 3.63) is 16.3 Å². The standard InChI is InChI=1S/C9H10O3S/c10-3-1-2-8-9-7(6-13-8)11-4-5-12-9/h1-2,6,10H,3-5H2. The van der Waals surface area contributed by atoms with Crippen LogP contribution in [0.15, 0.2) is 11.5 Å². The first-order chi connectivity index (χ1) is 6.42. The Hall–Kier alpha value is -1.00. The molecule has 0 fully saturated rings. The predicted molar refractivity (Wildman–Crippen MR) is 51.4 cm³/mol. The summed E-state index contributed by atoms with van der Waals surface area (Å²) in [6, 6.07) is 0. The third-order valence-electron chi connectivity index (χ3n) is 1.70. The Kier molecular flexibility index (Phi) is 2.52. The number of hydrogen-bond donors (Lipinski definition) is 1. The van der Waals surface area contributed by atoms with Gasteiger partial charge < -0.3 is 14.6 Å². The van der Waals surface area contributed by atoms with Crippen LogP contribution in [0, 0.1) is 0 Å². The molecule has 0 radical (unpaired) electrons. The molecule has 70 valence electrons. The van der Waals surface area contributed by atoms with Crippen molar-refractivity contribution in [3.8, 4) is 11.5 Å². The van der Waals surface area contributed by atoms with Gasteiger partial charge in [-0.2, -0.15) is 0 Å². The van der Waals surface area contributed by atoms with Gasteiger partial charge >= 0.3 is 0 Å². The van der Waals surface area contributed by atoms with E-state index in [-0.39, 0.29) is 6.61 Å². The zero-order valence-corrected chi connectivity index (χ0v) is 7.84. The van der Waals surface area contributed by atoms with E-state index in [2.05, 4.69) is 0 Å². The molecule has 0 unspecified atom stereocenters. The van der Waals surface area contributed by atoms with Crippen LogP contribution in [0.2, 0.25) is 0 Å². The molecule has 2 rings (SSSR count). The van der Waals surface area contributed by atoms with Crippen molar-refractivity contribution in [1.29, 1.82) is 0 Å². The SMILES string of the molecule is OCC=Cc1scc2c1OCCO2. The molecular weight excluding hydrogens is 188 g/mol. The minimum absolute atomic E-state index is 0.0491. The van der Waals surface area contributed by atoms with Crippen molar-refractivity contribution in [2.45, 2.75) is 0 Å². The molecule has 4 heteroatoms. The van der Waals surface area contributed by atoms with Crippen LogP contribution in [-0.2, 0) is 0 Å². The lowest BCUT2D eigenvalue weighted by atomic mass is 10.3. The molecule has 1 N–H and O–H groups in total. The summed E-state index contributed by atoms with van der Waals surface area (Å²) in [4.78, 5) is 1.00. The van der Waals surface area contributed by atoms with Gasteiger partial charge in [0.2, 0.25) is 0 Å². The van der Waals surface area contributed by atoms with Gasteiger partial charge in [0.1, 0.15) is 13.2 Å². The first-order valence-electron chi connectivity index (χ1n) is 4.06. The third kappa shape index (κ3) is 1.68. The molecule has 0 atom stereocenters. The van der Waals surface area contributed by atoms with Crippen molar-refractivity contribution in [1.82, 2.24) is 0 Å². The number of hydrogen-bond acceptors (Lipinski definition) is 4. The van der Waals surface area contributed by atoms with Crippen LogP contribution in [0.25, 0.3) is 6.08 Å². The molecule has 3 nitrogen and oxygen atoms in total. The van der Waals surface area contributed by atoms with E-state index >= 15 is 0 Å². The molecule has 13 heavy (non-hydrogen) atoms. The molecule has 2 heterocycles. The minimum atomic E-state index is 0.0491. The van der Waals surface area contributed by atoms with Gasteiger partial charge in [-0.1, -0.05) is 6.08 Å². The van der Waals surface area contributed by atoms with Gasteiger partial charge in [-0.25, -0.2) is 0 Å². The van der Waals surface area contributed by atoms with E-state index in [9.17, 15) is 0 Å². The lowest BCUT2D eigenvalue weighted by Crippen LogP contribution is -2.14. The third-order valence-corrected chi connectivity index (χ3v) is 2.61. The average molecular weight is 198 g/mol. The van der Waals surface area contributed by atoms with Gasteiger partial charge in [-0.3, -0.25) is 0 Å². The van der Waals surface area contributed by atoms with Crippen LogP contribution in [0.5, 0.6) is 11.5 Å². The summed E-state index contributed by atoms with van der Waals surface area (Å²) in [6.45, 7) is 1.27. The van der Waals surface area contributed by atoms with E-state index in [1.54, 1.807) is 17.4 Å². The Balaban J connectivity index is 2.26. The van der Waals surface area contributed by atoms with Crippen LogP contribution in [0.1, 0.15) is 4.88 Å². The summed E-state index contributed by atoms with van der Waals surface area (Å²) in [5.41, 5.74) is 0. The van der Waals surface area contributed by atoms with Gasteiger partial charge in [-0.05, 0) is 6.08 Å². The zero-order valence-electron chi connectivity index (χ0n) is 7.03. The zero-order chi connectivity index (χ0) is 9.10. The lowest BCUT2D eigenvalue weighted by molar-refractivity contribution is 0.173. The summed E-state index contributed by atoms with van der Waals surface area (Å²) in [6.07, 6.45) is 3.53. The highest BCUT2D eigenvalue weighted by atomic mass is 32.1. The molecule has 1 aliphatic rings. The van der Waals surface area contributed by atoms with Gasteiger partial charge in [0, 0.05) is 5.38 Å². The highest BCUT2D eigenvalue weighted by Crippen LogP contribution is 2.39. The summed E-state index contributed by atoms with van der Waals surface area (Å²) in [7, 11) is 0. The molecule has 0 spiro atoms. The predicted octanol–water partition coefficient (Wildman–Crippen LogP) is 1.52. The van der Waals surface area contributed by atoms with Crippen molar-refractivity contribution >= 4 is 17.4 Å². The average Bonchev–Trinajstić information content (AvgIpc) is 2.58. The van der Waals surface area contributed by atoms with E-state index < -0.39 is 0 Å². The fourth-order valence-electron chi connectivity index (χ4n) is 1.16. The molecular formula is C9H10O3S. The van der Waals surface area contributed by atoms with Crippen molar-refractivity contribution in [3.63, 3.8) is 0 Å². The Morgan fingerprint density at radius 1 is 1.46 bits per heavy atom. The fourth-order valence-corrected chi connectivity index (χ4v) is 2.01. The summed E-state index contributed by atoms with van der Waals surface area (Å²) < 4.78 is 10.8. The highest BCUT2D eigenvalue weighted by molar-refractivity contribution is 7.11.